The van der Waals surface area contributed by atoms with Crippen LogP contribution in [-0.4, -0.2) is 38.9 Å². The maximum absolute atomic E-state index is 12.2. The average Bonchev–Trinajstić information content (AvgIpc) is 2.40. The number of nitrogens with zero attached hydrogens (tertiary/aromatic N) is 2. The summed E-state index contributed by atoms with van der Waals surface area (Å²) in [7, 11) is -3.40. The Morgan fingerprint density at radius 3 is 2.29 bits per heavy atom. The first-order valence-electron chi connectivity index (χ1n) is 5.35. The van der Waals surface area contributed by atoms with Gasteiger partial charge in [-0.3, -0.25) is 0 Å². The van der Waals surface area contributed by atoms with Crippen molar-refractivity contribution in [2.75, 3.05) is 26.2 Å². The summed E-state index contributed by atoms with van der Waals surface area (Å²) in [6, 6.07) is 7.98. The highest BCUT2D eigenvalue weighted by molar-refractivity contribution is 7.89. The molecule has 2 rings (SSSR count). The van der Waals surface area contributed by atoms with Crippen LogP contribution in [0, 0.1) is 11.3 Å². The Morgan fingerprint density at radius 2 is 1.76 bits per heavy atom. The molecule has 1 saturated heterocycles. The normalized spacial score (nSPS) is 17.6. The lowest BCUT2D eigenvalue weighted by atomic mass is 10.2. The molecular formula is C11H13N3O2S. The fourth-order valence-corrected chi connectivity index (χ4v) is 3.18. The van der Waals surface area contributed by atoms with E-state index in [9.17, 15) is 8.42 Å². The Kier molecular flexibility index (Phi) is 3.43. The molecule has 0 aromatic heterocycles. The molecule has 0 radical (unpaired) electrons. The van der Waals surface area contributed by atoms with Crippen molar-refractivity contribution in [1.29, 1.82) is 5.26 Å². The van der Waals surface area contributed by atoms with Crippen molar-refractivity contribution < 1.29 is 8.42 Å². The lowest BCUT2D eigenvalue weighted by Gasteiger charge is -2.26. The largest absolute Gasteiger partial charge is 0.314 e. The molecule has 1 N–H and O–H groups in total. The molecule has 6 heteroatoms. The predicted molar refractivity (Wildman–Crippen MR) is 62.8 cm³/mol. The van der Waals surface area contributed by atoms with Crippen molar-refractivity contribution in [2.45, 2.75) is 4.90 Å². The molecule has 5 nitrogen and oxygen atoms in total. The van der Waals surface area contributed by atoms with Gasteiger partial charge in [-0.1, -0.05) is 0 Å². The number of sulfonamides is 1. The van der Waals surface area contributed by atoms with Crippen molar-refractivity contribution in [3.05, 3.63) is 29.8 Å². The maximum atomic E-state index is 12.2. The topological polar surface area (TPSA) is 73.2 Å². The first kappa shape index (κ1) is 12.0. The minimum atomic E-state index is -3.40. The van der Waals surface area contributed by atoms with Gasteiger partial charge in [0.1, 0.15) is 0 Å². The first-order valence-corrected chi connectivity index (χ1v) is 6.79. The van der Waals surface area contributed by atoms with Crippen LogP contribution >= 0.6 is 0 Å². The monoisotopic (exact) mass is 251 g/mol. The zero-order valence-corrected chi connectivity index (χ0v) is 10.1. The SMILES string of the molecule is N#Cc1ccc(S(=O)(=O)N2CCNCC2)cc1. The van der Waals surface area contributed by atoms with Gasteiger partial charge in [-0.2, -0.15) is 9.57 Å². The summed E-state index contributed by atoms with van der Waals surface area (Å²) in [6.07, 6.45) is 0. The van der Waals surface area contributed by atoms with Crippen LogP contribution in [0.4, 0.5) is 0 Å². The molecule has 0 atom stereocenters. The van der Waals surface area contributed by atoms with Crippen LogP contribution in [0.25, 0.3) is 0 Å². The van der Waals surface area contributed by atoms with Crippen molar-refractivity contribution in [3.63, 3.8) is 0 Å². The van der Waals surface area contributed by atoms with Gasteiger partial charge in [-0.05, 0) is 24.3 Å². The highest BCUT2D eigenvalue weighted by Crippen LogP contribution is 2.16. The van der Waals surface area contributed by atoms with E-state index in [-0.39, 0.29) is 4.90 Å². The summed E-state index contributed by atoms with van der Waals surface area (Å²) in [5.74, 6) is 0. The van der Waals surface area contributed by atoms with Gasteiger partial charge in [0.15, 0.2) is 0 Å². The summed E-state index contributed by atoms with van der Waals surface area (Å²) in [5, 5.41) is 11.8. The second-order valence-corrected chi connectivity index (χ2v) is 5.73. The molecular weight excluding hydrogens is 238 g/mol. The Bertz CT molecular complexity index is 525. The van der Waals surface area contributed by atoms with Crippen LogP contribution in [0.2, 0.25) is 0 Å². The minimum Gasteiger partial charge on any atom is -0.314 e. The van der Waals surface area contributed by atoms with E-state index < -0.39 is 10.0 Å². The fraction of sp³-hybridized carbons (Fsp3) is 0.364. The molecule has 1 fully saturated rings. The smallest absolute Gasteiger partial charge is 0.243 e. The van der Waals surface area contributed by atoms with Crippen LogP contribution in [0.1, 0.15) is 5.56 Å². The summed E-state index contributed by atoms with van der Waals surface area (Å²) < 4.78 is 25.9. The van der Waals surface area contributed by atoms with Crippen LogP contribution in [0.3, 0.4) is 0 Å². The molecule has 0 spiro atoms. The van der Waals surface area contributed by atoms with Gasteiger partial charge in [-0.25, -0.2) is 8.42 Å². The molecule has 0 unspecified atom stereocenters. The number of hydrogen-bond acceptors (Lipinski definition) is 4. The standard InChI is InChI=1S/C11H13N3O2S/c12-9-10-1-3-11(4-2-10)17(15,16)14-7-5-13-6-8-14/h1-4,13H,5-8H2. The Labute approximate surface area is 101 Å². The molecule has 0 aliphatic carbocycles. The van der Waals surface area contributed by atoms with Crippen molar-refractivity contribution in [1.82, 2.24) is 9.62 Å². The van der Waals surface area contributed by atoms with E-state index in [1.165, 1.54) is 28.6 Å². The highest BCUT2D eigenvalue weighted by Gasteiger charge is 2.25. The van der Waals surface area contributed by atoms with Gasteiger partial charge < -0.3 is 5.32 Å². The number of nitriles is 1. The molecule has 0 saturated carbocycles. The molecule has 1 heterocycles. The summed E-state index contributed by atoms with van der Waals surface area (Å²) in [6.45, 7) is 2.33. The first-order chi connectivity index (χ1) is 8.14. The van der Waals surface area contributed by atoms with E-state index >= 15 is 0 Å². The van der Waals surface area contributed by atoms with E-state index in [1.807, 2.05) is 6.07 Å². The fourth-order valence-electron chi connectivity index (χ4n) is 1.74. The van der Waals surface area contributed by atoms with E-state index in [0.29, 0.717) is 31.7 Å². The molecule has 90 valence electrons. The van der Waals surface area contributed by atoms with E-state index in [0.717, 1.165) is 0 Å². The van der Waals surface area contributed by atoms with Crippen LogP contribution in [0.15, 0.2) is 29.2 Å². The van der Waals surface area contributed by atoms with E-state index in [1.54, 1.807) is 0 Å². The third-order valence-corrected chi connectivity index (χ3v) is 4.61. The third kappa shape index (κ3) is 2.47. The molecule has 0 amide bonds. The van der Waals surface area contributed by atoms with Crippen LogP contribution < -0.4 is 5.32 Å². The van der Waals surface area contributed by atoms with E-state index in [4.69, 9.17) is 5.26 Å². The average molecular weight is 251 g/mol. The van der Waals surface area contributed by atoms with Crippen molar-refractivity contribution >= 4 is 10.0 Å². The van der Waals surface area contributed by atoms with Gasteiger partial charge in [0.25, 0.3) is 0 Å². The molecule has 0 bridgehead atoms. The lowest BCUT2D eigenvalue weighted by molar-refractivity contribution is 0.360. The van der Waals surface area contributed by atoms with Gasteiger partial charge in [0.2, 0.25) is 10.0 Å². The Morgan fingerprint density at radius 1 is 1.18 bits per heavy atom. The molecule has 17 heavy (non-hydrogen) atoms. The van der Waals surface area contributed by atoms with Crippen LogP contribution in [-0.2, 0) is 10.0 Å². The summed E-state index contributed by atoms with van der Waals surface area (Å²) in [5.41, 5.74) is 0.462. The second kappa shape index (κ2) is 4.84. The number of rotatable bonds is 2. The molecule has 1 aromatic carbocycles. The number of benzene rings is 1. The summed E-state index contributed by atoms with van der Waals surface area (Å²) in [4.78, 5) is 0.249. The number of hydrogen-bond donors (Lipinski definition) is 1. The predicted octanol–water partition coefficient (Wildman–Crippen LogP) is 0.152. The van der Waals surface area contributed by atoms with Gasteiger partial charge in [0.05, 0.1) is 16.5 Å². The summed E-state index contributed by atoms with van der Waals surface area (Å²) >= 11 is 0. The zero-order chi connectivity index (χ0) is 12.3. The molecule has 1 aliphatic rings. The third-order valence-electron chi connectivity index (χ3n) is 2.70. The zero-order valence-electron chi connectivity index (χ0n) is 9.26. The highest BCUT2D eigenvalue weighted by atomic mass is 32.2. The second-order valence-electron chi connectivity index (χ2n) is 3.79. The quantitative estimate of drug-likeness (QED) is 0.812. The van der Waals surface area contributed by atoms with Crippen LogP contribution in [0.5, 0.6) is 0 Å². The van der Waals surface area contributed by atoms with Gasteiger partial charge in [-0.15, -0.1) is 0 Å². The van der Waals surface area contributed by atoms with E-state index in [2.05, 4.69) is 5.32 Å². The van der Waals surface area contributed by atoms with Gasteiger partial charge in [0, 0.05) is 26.2 Å². The van der Waals surface area contributed by atoms with Gasteiger partial charge >= 0.3 is 0 Å². The molecule has 1 aliphatic heterocycles. The number of piperazine rings is 1. The minimum absolute atomic E-state index is 0.249. The van der Waals surface area contributed by atoms with Crippen molar-refractivity contribution in [3.8, 4) is 6.07 Å². The number of nitrogens with one attached hydrogen (secondary N) is 1. The van der Waals surface area contributed by atoms with Crippen molar-refractivity contribution in [2.24, 2.45) is 0 Å². The Balaban J connectivity index is 2.27. The maximum Gasteiger partial charge on any atom is 0.243 e. The Hall–Kier alpha value is -1.42. The molecule has 1 aromatic rings. The lowest BCUT2D eigenvalue weighted by Crippen LogP contribution is -2.46.